The molecule has 0 spiro atoms. The van der Waals surface area contributed by atoms with Gasteiger partial charge in [-0.1, -0.05) is 0 Å². The number of halogens is 2. The van der Waals surface area contributed by atoms with E-state index in [0.29, 0.717) is 30.3 Å². The third-order valence-corrected chi connectivity index (χ3v) is 3.11. The molecule has 0 atom stereocenters. The van der Waals surface area contributed by atoms with Crippen LogP contribution >= 0.6 is 0 Å². The molecular weight excluding hydrogens is 280 g/mol. The maximum Gasteiger partial charge on any atom is 0.258 e. The van der Waals surface area contributed by atoms with Crippen LogP contribution in [0.2, 0.25) is 0 Å². The molecule has 108 valence electrons. The third-order valence-electron chi connectivity index (χ3n) is 3.11. The van der Waals surface area contributed by atoms with Crippen LogP contribution in [0.1, 0.15) is 12.0 Å². The summed E-state index contributed by atoms with van der Waals surface area (Å²) in [6, 6.07) is 5.52. The van der Waals surface area contributed by atoms with Crippen molar-refractivity contribution < 1.29 is 18.3 Å². The van der Waals surface area contributed by atoms with Crippen LogP contribution in [0, 0.1) is 11.6 Å². The molecule has 0 bridgehead atoms. The van der Waals surface area contributed by atoms with E-state index in [0.717, 1.165) is 5.56 Å². The van der Waals surface area contributed by atoms with Gasteiger partial charge in [0.05, 0.1) is 0 Å². The SMILES string of the molecule is Nc1nc(Oc2ccc3c(c2)CCC(=O)N3)c(F)cc1F. The van der Waals surface area contributed by atoms with Gasteiger partial charge in [-0.05, 0) is 30.2 Å². The zero-order chi connectivity index (χ0) is 15.0. The monoisotopic (exact) mass is 291 g/mol. The smallest absolute Gasteiger partial charge is 0.258 e. The number of aryl methyl sites for hydroxylation is 1. The van der Waals surface area contributed by atoms with E-state index in [4.69, 9.17) is 10.5 Å². The summed E-state index contributed by atoms with van der Waals surface area (Å²) >= 11 is 0. The van der Waals surface area contributed by atoms with Crippen molar-refractivity contribution in [2.45, 2.75) is 12.8 Å². The van der Waals surface area contributed by atoms with Crippen molar-refractivity contribution >= 4 is 17.4 Å². The quantitative estimate of drug-likeness (QED) is 0.891. The van der Waals surface area contributed by atoms with Crippen LogP contribution in [0.5, 0.6) is 11.6 Å². The van der Waals surface area contributed by atoms with Crippen LogP contribution in [-0.4, -0.2) is 10.9 Å². The number of nitrogens with one attached hydrogen (secondary N) is 1. The standard InChI is InChI=1S/C14H11F2N3O2/c15-9-6-10(16)14(19-13(9)17)21-8-2-3-11-7(5-8)1-4-12(20)18-11/h2-3,5-6H,1,4H2,(H2,17,19)(H,18,20). The number of nitrogens with two attached hydrogens (primary N) is 1. The molecule has 1 aliphatic heterocycles. The van der Waals surface area contributed by atoms with Gasteiger partial charge in [0.1, 0.15) is 5.75 Å². The number of aromatic nitrogens is 1. The van der Waals surface area contributed by atoms with Crippen molar-refractivity contribution in [3.8, 4) is 11.6 Å². The zero-order valence-electron chi connectivity index (χ0n) is 10.8. The van der Waals surface area contributed by atoms with Gasteiger partial charge >= 0.3 is 0 Å². The van der Waals surface area contributed by atoms with Gasteiger partial charge in [0.25, 0.3) is 5.88 Å². The van der Waals surface area contributed by atoms with Crippen LogP contribution < -0.4 is 15.8 Å². The highest BCUT2D eigenvalue weighted by molar-refractivity contribution is 5.94. The fourth-order valence-electron chi connectivity index (χ4n) is 2.07. The Morgan fingerprint density at radius 3 is 2.81 bits per heavy atom. The zero-order valence-corrected chi connectivity index (χ0v) is 10.8. The lowest BCUT2D eigenvalue weighted by atomic mass is 10.0. The van der Waals surface area contributed by atoms with E-state index in [-0.39, 0.29) is 5.91 Å². The number of benzene rings is 1. The first-order valence-corrected chi connectivity index (χ1v) is 6.25. The first kappa shape index (κ1) is 13.3. The summed E-state index contributed by atoms with van der Waals surface area (Å²) in [6.45, 7) is 0. The number of amides is 1. The Morgan fingerprint density at radius 1 is 1.19 bits per heavy atom. The van der Waals surface area contributed by atoms with E-state index in [1.807, 2.05) is 0 Å². The summed E-state index contributed by atoms with van der Waals surface area (Å²) in [4.78, 5) is 14.8. The number of rotatable bonds is 2. The molecule has 1 aromatic carbocycles. The van der Waals surface area contributed by atoms with Crippen LogP contribution in [-0.2, 0) is 11.2 Å². The summed E-state index contributed by atoms with van der Waals surface area (Å²) in [6.07, 6.45) is 0.951. The van der Waals surface area contributed by atoms with E-state index < -0.39 is 23.3 Å². The van der Waals surface area contributed by atoms with E-state index in [2.05, 4.69) is 10.3 Å². The maximum atomic E-state index is 13.6. The number of fused-ring (bicyclic) bond motifs is 1. The molecule has 3 N–H and O–H groups in total. The van der Waals surface area contributed by atoms with Gasteiger partial charge in [0.15, 0.2) is 17.5 Å². The minimum Gasteiger partial charge on any atom is -0.436 e. The molecule has 21 heavy (non-hydrogen) atoms. The molecule has 5 nitrogen and oxygen atoms in total. The number of pyridine rings is 1. The molecule has 1 aliphatic rings. The first-order chi connectivity index (χ1) is 10.0. The van der Waals surface area contributed by atoms with Gasteiger partial charge in [0.2, 0.25) is 5.91 Å². The lowest BCUT2D eigenvalue weighted by Crippen LogP contribution is -2.18. The van der Waals surface area contributed by atoms with Crippen LogP contribution in [0.4, 0.5) is 20.3 Å². The van der Waals surface area contributed by atoms with Gasteiger partial charge in [-0.2, -0.15) is 4.98 Å². The summed E-state index contributed by atoms with van der Waals surface area (Å²) in [5.41, 5.74) is 6.87. The normalized spacial score (nSPS) is 13.5. The van der Waals surface area contributed by atoms with Crippen molar-refractivity contribution in [2.24, 2.45) is 0 Å². The summed E-state index contributed by atoms with van der Waals surface area (Å²) in [5.74, 6) is -2.41. The minimum atomic E-state index is -0.937. The van der Waals surface area contributed by atoms with Gasteiger partial charge in [-0.25, -0.2) is 8.78 Å². The Labute approximate surface area is 118 Å². The number of anilines is 2. The first-order valence-electron chi connectivity index (χ1n) is 6.25. The maximum absolute atomic E-state index is 13.6. The Morgan fingerprint density at radius 2 is 2.00 bits per heavy atom. The predicted molar refractivity (Wildman–Crippen MR) is 72.0 cm³/mol. The highest BCUT2D eigenvalue weighted by Gasteiger charge is 2.17. The lowest BCUT2D eigenvalue weighted by Gasteiger charge is -2.17. The number of hydrogen-bond acceptors (Lipinski definition) is 4. The highest BCUT2D eigenvalue weighted by atomic mass is 19.1. The molecule has 1 aromatic heterocycles. The van der Waals surface area contributed by atoms with Crippen molar-refractivity contribution in [1.82, 2.24) is 4.98 Å². The number of carbonyl (C=O) groups is 1. The molecule has 0 radical (unpaired) electrons. The molecule has 0 fully saturated rings. The van der Waals surface area contributed by atoms with E-state index >= 15 is 0 Å². The minimum absolute atomic E-state index is 0.0461. The van der Waals surface area contributed by atoms with Crippen LogP contribution in [0.25, 0.3) is 0 Å². The molecular formula is C14H11F2N3O2. The van der Waals surface area contributed by atoms with E-state index in [1.165, 1.54) is 0 Å². The van der Waals surface area contributed by atoms with Gasteiger partial charge < -0.3 is 15.8 Å². The molecule has 7 heteroatoms. The van der Waals surface area contributed by atoms with E-state index in [1.54, 1.807) is 18.2 Å². The van der Waals surface area contributed by atoms with Crippen molar-refractivity contribution in [3.05, 3.63) is 41.5 Å². The Hall–Kier alpha value is -2.70. The molecule has 0 saturated carbocycles. The average molecular weight is 291 g/mol. The Bertz CT molecular complexity index is 734. The van der Waals surface area contributed by atoms with Crippen molar-refractivity contribution in [2.75, 3.05) is 11.1 Å². The number of nitrogens with zero attached hydrogens (tertiary/aromatic N) is 1. The van der Waals surface area contributed by atoms with E-state index in [9.17, 15) is 13.6 Å². The predicted octanol–water partition coefficient (Wildman–Crippen LogP) is 2.62. The van der Waals surface area contributed by atoms with Crippen LogP contribution in [0.15, 0.2) is 24.3 Å². The molecule has 0 aliphatic carbocycles. The third kappa shape index (κ3) is 2.62. The molecule has 1 amide bonds. The largest absolute Gasteiger partial charge is 0.436 e. The summed E-state index contributed by atoms with van der Waals surface area (Å²) in [7, 11) is 0. The van der Waals surface area contributed by atoms with Gasteiger partial charge in [-0.3, -0.25) is 4.79 Å². The second kappa shape index (κ2) is 5.01. The number of nitrogen functional groups attached to an aromatic ring is 1. The molecule has 3 rings (SSSR count). The molecule has 2 aromatic rings. The van der Waals surface area contributed by atoms with Crippen LogP contribution in [0.3, 0.4) is 0 Å². The molecule has 0 unspecified atom stereocenters. The lowest BCUT2D eigenvalue weighted by molar-refractivity contribution is -0.116. The second-order valence-electron chi connectivity index (χ2n) is 4.61. The van der Waals surface area contributed by atoms with Crippen molar-refractivity contribution in [1.29, 1.82) is 0 Å². The topological polar surface area (TPSA) is 77.2 Å². The van der Waals surface area contributed by atoms with Crippen molar-refractivity contribution in [3.63, 3.8) is 0 Å². The number of carbonyl (C=O) groups excluding carboxylic acids is 1. The molecule has 2 heterocycles. The number of ether oxygens (including phenoxy) is 1. The Kier molecular flexibility index (Phi) is 3.17. The van der Waals surface area contributed by atoms with Gasteiger partial charge in [0, 0.05) is 18.2 Å². The average Bonchev–Trinajstić information content (AvgIpc) is 2.45. The number of hydrogen-bond donors (Lipinski definition) is 2. The Balaban J connectivity index is 1.89. The fourth-order valence-corrected chi connectivity index (χ4v) is 2.07. The second-order valence-corrected chi connectivity index (χ2v) is 4.61. The van der Waals surface area contributed by atoms with Gasteiger partial charge in [-0.15, -0.1) is 0 Å². The summed E-state index contributed by atoms with van der Waals surface area (Å²) < 4.78 is 31.9. The fraction of sp³-hybridized carbons (Fsp3) is 0.143. The highest BCUT2D eigenvalue weighted by Crippen LogP contribution is 2.30. The molecule has 0 saturated heterocycles. The summed E-state index contributed by atoms with van der Waals surface area (Å²) in [5, 5.41) is 2.73.